The number of aliphatic carboxylic acids is 1. The van der Waals surface area contributed by atoms with E-state index in [-0.39, 0.29) is 17.5 Å². The summed E-state index contributed by atoms with van der Waals surface area (Å²) >= 11 is 0. The fraction of sp³-hybridized carbons (Fsp3) is 0.714. The molecule has 0 heterocycles. The Hall–Kier alpha value is -1.40. The molecule has 0 spiro atoms. The van der Waals surface area contributed by atoms with Gasteiger partial charge in [0.25, 0.3) is 0 Å². The summed E-state index contributed by atoms with van der Waals surface area (Å²) < 4.78 is 6.32. The molecule has 6 heteroatoms. The molecule has 0 rings (SSSR count). The molecule has 0 saturated carbocycles. The molecule has 0 fully saturated rings. The maximum Gasteiger partial charge on any atom is 0.331 e. The van der Waals surface area contributed by atoms with Crippen LogP contribution in [-0.4, -0.2) is 36.4 Å². The van der Waals surface area contributed by atoms with Crippen LogP contribution in [0.3, 0.4) is 0 Å². The summed E-state index contributed by atoms with van der Waals surface area (Å²) in [5.74, 6) is -1.90. The van der Waals surface area contributed by atoms with Crippen LogP contribution in [0.15, 0.2) is 24.5 Å². The lowest BCUT2D eigenvalue weighted by Gasteiger charge is -2.38. The van der Waals surface area contributed by atoms with Gasteiger partial charge in [-0.15, -0.1) is 6.58 Å². The monoisotopic (exact) mass is 398 g/mol. The molecule has 0 amide bonds. The van der Waals surface area contributed by atoms with Gasteiger partial charge in [0.2, 0.25) is 8.32 Å². The van der Waals surface area contributed by atoms with Crippen molar-refractivity contribution in [2.45, 2.75) is 79.1 Å². The number of aliphatic hydroxyl groups excluding tert-OH is 1. The van der Waals surface area contributed by atoms with Crippen molar-refractivity contribution in [3.63, 3.8) is 0 Å². The molecular weight excluding hydrogens is 360 g/mol. The molecule has 0 aliphatic heterocycles. The lowest BCUT2D eigenvalue weighted by molar-refractivity contribution is -0.134. The molecule has 0 bridgehead atoms. The number of rotatable bonds is 13. The van der Waals surface area contributed by atoms with Crippen LogP contribution in [0, 0.1) is 17.3 Å². The van der Waals surface area contributed by atoms with Crippen molar-refractivity contribution in [3.05, 3.63) is 24.5 Å². The quantitative estimate of drug-likeness (QED) is 0.202. The first-order valence-corrected chi connectivity index (χ1v) is 12.4. The number of carboxylic acid groups (broad SMARTS) is 1. The smallest absolute Gasteiger partial charge is 0.331 e. The summed E-state index contributed by atoms with van der Waals surface area (Å²) in [6.45, 7) is 16.8. The van der Waals surface area contributed by atoms with Gasteiger partial charge in [0, 0.05) is 5.92 Å². The number of allylic oxidation sites excluding steroid dienone is 2. The van der Waals surface area contributed by atoms with Crippen LogP contribution in [0.1, 0.15) is 54.9 Å². The molecule has 2 N–H and O–H groups in total. The van der Waals surface area contributed by atoms with Crippen molar-refractivity contribution in [1.82, 2.24) is 0 Å². The normalized spacial score (nSPS) is 16.4. The average Bonchev–Trinajstić information content (AvgIpc) is 2.63. The Morgan fingerprint density at radius 1 is 1.15 bits per heavy atom. The van der Waals surface area contributed by atoms with Crippen LogP contribution in [0.2, 0.25) is 18.1 Å². The number of hydrogen-bond donors (Lipinski definition) is 2. The van der Waals surface area contributed by atoms with E-state index < -0.39 is 31.7 Å². The van der Waals surface area contributed by atoms with Crippen LogP contribution in [-0.2, 0) is 14.0 Å². The van der Waals surface area contributed by atoms with Crippen molar-refractivity contribution in [1.29, 1.82) is 0 Å². The molecule has 3 atom stereocenters. The molecule has 156 valence electrons. The van der Waals surface area contributed by atoms with Gasteiger partial charge in [-0.05, 0) is 44.3 Å². The number of carbonyl (C=O) groups is 2. The van der Waals surface area contributed by atoms with E-state index in [1.54, 1.807) is 26.8 Å². The molecule has 27 heavy (non-hydrogen) atoms. The van der Waals surface area contributed by atoms with Crippen LogP contribution in [0.25, 0.3) is 0 Å². The summed E-state index contributed by atoms with van der Waals surface area (Å²) in [6.07, 6.45) is 2.52. The highest BCUT2D eigenvalue weighted by molar-refractivity contribution is 6.73. The first-order chi connectivity index (χ1) is 12.4. The zero-order valence-corrected chi connectivity index (χ0v) is 19.0. The van der Waals surface area contributed by atoms with Gasteiger partial charge in [-0.3, -0.25) is 4.79 Å². The van der Waals surface area contributed by atoms with E-state index in [1.807, 2.05) is 6.92 Å². The van der Waals surface area contributed by atoms with E-state index in [1.165, 1.54) is 0 Å². The van der Waals surface area contributed by atoms with Gasteiger partial charge in [-0.2, -0.15) is 0 Å². The first kappa shape index (κ1) is 25.6. The zero-order chi connectivity index (χ0) is 21.4. The van der Waals surface area contributed by atoms with Gasteiger partial charge >= 0.3 is 5.97 Å². The van der Waals surface area contributed by atoms with E-state index in [9.17, 15) is 19.8 Å². The molecular formula is C21H38O5Si. The van der Waals surface area contributed by atoms with E-state index in [4.69, 9.17) is 4.43 Å². The summed E-state index contributed by atoms with van der Waals surface area (Å²) in [5, 5.41) is 19.9. The molecule has 0 aromatic rings. The maximum absolute atomic E-state index is 13.2. The second-order valence-electron chi connectivity index (χ2n) is 7.96. The van der Waals surface area contributed by atoms with Crippen LogP contribution < -0.4 is 0 Å². The predicted octanol–water partition coefficient (Wildman–Crippen LogP) is 4.78. The van der Waals surface area contributed by atoms with Gasteiger partial charge < -0.3 is 14.6 Å². The number of ketones is 1. The third-order valence-corrected chi connectivity index (χ3v) is 10.3. The molecule has 0 saturated heterocycles. The van der Waals surface area contributed by atoms with Gasteiger partial charge in [0.05, 0.1) is 23.4 Å². The largest absolute Gasteiger partial charge is 0.545 e. The second-order valence-corrected chi connectivity index (χ2v) is 12.7. The van der Waals surface area contributed by atoms with Crippen LogP contribution in [0.5, 0.6) is 0 Å². The fourth-order valence-corrected chi connectivity index (χ4v) is 6.10. The van der Waals surface area contributed by atoms with Crippen LogP contribution in [0.4, 0.5) is 0 Å². The fourth-order valence-electron chi connectivity index (χ4n) is 3.39. The predicted molar refractivity (Wildman–Crippen MR) is 112 cm³/mol. The average molecular weight is 399 g/mol. The van der Waals surface area contributed by atoms with Gasteiger partial charge in [-0.1, -0.05) is 40.7 Å². The SMILES string of the molecule is C=CC[C@H](C)[C@@H](O)[C@@H](C)C(=O)C(C)(C)/C(=C/C(=O)O)O[Si](CC)(CC)CC. The maximum atomic E-state index is 13.2. The highest BCUT2D eigenvalue weighted by atomic mass is 28.4. The molecule has 0 aliphatic rings. The molecule has 0 aromatic heterocycles. The molecule has 0 aromatic carbocycles. The van der Waals surface area contributed by atoms with E-state index >= 15 is 0 Å². The van der Waals surface area contributed by atoms with Gasteiger partial charge in [0.15, 0.2) is 5.78 Å². The Balaban J connectivity index is 5.86. The lowest BCUT2D eigenvalue weighted by atomic mass is 9.75. The number of hydrogen-bond acceptors (Lipinski definition) is 4. The summed E-state index contributed by atoms with van der Waals surface area (Å²) in [5.41, 5.74) is -1.13. The number of carbonyl (C=O) groups excluding carboxylic acids is 1. The van der Waals surface area contributed by atoms with Crippen molar-refractivity contribution in [2.75, 3.05) is 0 Å². The minimum atomic E-state index is -2.16. The second kappa shape index (κ2) is 10.8. The third-order valence-electron chi connectivity index (χ3n) is 5.79. The minimum Gasteiger partial charge on any atom is -0.545 e. The highest BCUT2D eigenvalue weighted by Crippen LogP contribution is 2.37. The first-order valence-electron chi connectivity index (χ1n) is 9.89. The Morgan fingerprint density at radius 3 is 2.00 bits per heavy atom. The molecule has 0 radical (unpaired) electrons. The third kappa shape index (κ3) is 6.61. The van der Waals surface area contributed by atoms with Gasteiger partial charge in [0.1, 0.15) is 0 Å². The topological polar surface area (TPSA) is 83.8 Å². The molecule has 0 unspecified atom stereocenters. The van der Waals surface area contributed by atoms with Crippen molar-refractivity contribution in [3.8, 4) is 0 Å². The summed E-state index contributed by atoms with van der Waals surface area (Å²) in [7, 11) is -2.16. The van der Waals surface area contributed by atoms with Crippen molar-refractivity contribution < 1.29 is 24.2 Å². The lowest BCUT2D eigenvalue weighted by Crippen LogP contribution is -2.44. The van der Waals surface area contributed by atoms with Crippen molar-refractivity contribution in [2.24, 2.45) is 17.3 Å². The molecule has 5 nitrogen and oxygen atoms in total. The Labute approximate surface area is 165 Å². The zero-order valence-electron chi connectivity index (χ0n) is 18.0. The summed E-state index contributed by atoms with van der Waals surface area (Å²) in [4.78, 5) is 24.6. The standard InChI is InChI=1S/C21H38O5Si/c1-9-13-15(5)19(24)16(6)20(25)21(7,8)17(14-18(22)23)26-27(10-2,11-3)12-4/h9,14-16,19,24H,1,10-13H2,2-8H3,(H,22,23)/b17-14-/t15-,16+,19+/m0/s1. The number of Topliss-reactive ketones (excluding diaryl/α,β-unsaturated/α-hetero) is 1. The number of aliphatic hydroxyl groups is 1. The van der Waals surface area contributed by atoms with Gasteiger partial charge in [-0.25, -0.2) is 4.79 Å². The Kier molecular flexibility index (Phi) is 10.2. The van der Waals surface area contributed by atoms with E-state index in [0.717, 1.165) is 24.2 Å². The highest BCUT2D eigenvalue weighted by Gasteiger charge is 2.43. The van der Waals surface area contributed by atoms with Crippen LogP contribution >= 0.6 is 0 Å². The van der Waals surface area contributed by atoms with E-state index in [0.29, 0.717) is 6.42 Å². The Bertz CT molecular complexity index is 541. The van der Waals surface area contributed by atoms with Crippen molar-refractivity contribution >= 4 is 20.1 Å². The number of carboxylic acids is 1. The molecule has 0 aliphatic carbocycles. The van der Waals surface area contributed by atoms with E-state index in [2.05, 4.69) is 27.4 Å². The summed E-state index contributed by atoms with van der Waals surface area (Å²) in [6, 6.07) is 2.53. The Morgan fingerprint density at radius 2 is 1.63 bits per heavy atom. The minimum absolute atomic E-state index is 0.111.